The molecule has 0 saturated carbocycles. The van der Waals surface area contributed by atoms with Crippen LogP contribution in [0.1, 0.15) is 40.7 Å². The molecular formula is C28H33N3O2. The number of pyridine rings is 1. The first kappa shape index (κ1) is 22.1. The molecule has 5 rings (SSSR count). The van der Waals surface area contributed by atoms with Crippen molar-refractivity contribution in [1.82, 2.24) is 14.8 Å². The van der Waals surface area contributed by atoms with Gasteiger partial charge in [-0.2, -0.15) is 0 Å². The summed E-state index contributed by atoms with van der Waals surface area (Å²) < 4.78 is 5.94. The third-order valence-electron chi connectivity index (χ3n) is 6.97. The van der Waals surface area contributed by atoms with Gasteiger partial charge >= 0.3 is 0 Å². The van der Waals surface area contributed by atoms with Gasteiger partial charge in [0.2, 0.25) is 0 Å². The van der Waals surface area contributed by atoms with E-state index >= 15 is 0 Å². The Balaban J connectivity index is 1.32. The fourth-order valence-electron chi connectivity index (χ4n) is 5.24. The van der Waals surface area contributed by atoms with Crippen LogP contribution in [0.15, 0.2) is 60.9 Å². The molecule has 0 aliphatic carbocycles. The van der Waals surface area contributed by atoms with Crippen molar-refractivity contribution in [1.29, 1.82) is 0 Å². The van der Waals surface area contributed by atoms with Gasteiger partial charge < -0.3 is 9.64 Å². The van der Waals surface area contributed by atoms with Gasteiger partial charge in [-0.05, 0) is 54.9 Å². The summed E-state index contributed by atoms with van der Waals surface area (Å²) in [6.45, 7) is 5.72. The van der Waals surface area contributed by atoms with E-state index in [9.17, 15) is 4.79 Å². The predicted octanol–water partition coefficient (Wildman–Crippen LogP) is 4.55. The zero-order chi connectivity index (χ0) is 22.5. The van der Waals surface area contributed by atoms with Crippen molar-refractivity contribution < 1.29 is 9.53 Å². The number of rotatable bonds is 5. The Morgan fingerprint density at radius 3 is 2.67 bits per heavy atom. The van der Waals surface area contributed by atoms with Gasteiger partial charge in [0.15, 0.2) is 0 Å². The smallest absolute Gasteiger partial charge is 0.254 e. The summed E-state index contributed by atoms with van der Waals surface area (Å²) in [5.74, 6) is 0.382. The number of hydrogen-bond acceptors (Lipinski definition) is 4. The van der Waals surface area contributed by atoms with E-state index in [2.05, 4.69) is 40.2 Å². The molecule has 5 nitrogen and oxygen atoms in total. The predicted molar refractivity (Wildman–Crippen MR) is 131 cm³/mol. The molecule has 0 N–H and O–H groups in total. The van der Waals surface area contributed by atoms with E-state index in [0.717, 1.165) is 42.6 Å². The van der Waals surface area contributed by atoms with Gasteiger partial charge in [-0.3, -0.25) is 14.7 Å². The summed E-state index contributed by atoms with van der Waals surface area (Å²) in [5, 5.41) is 2.39. The van der Waals surface area contributed by atoms with E-state index in [4.69, 9.17) is 4.74 Å². The molecule has 1 amide bonds. The van der Waals surface area contributed by atoms with E-state index < -0.39 is 0 Å². The molecule has 2 aromatic carbocycles. The first-order valence-corrected chi connectivity index (χ1v) is 12.3. The minimum atomic E-state index is 0.133. The molecule has 2 fully saturated rings. The van der Waals surface area contributed by atoms with Crippen LogP contribution in [-0.4, -0.2) is 60.1 Å². The quantitative estimate of drug-likeness (QED) is 0.580. The van der Waals surface area contributed by atoms with Crippen LogP contribution in [0.3, 0.4) is 0 Å². The molecule has 0 radical (unpaired) electrons. The molecule has 5 heteroatoms. The number of ether oxygens (including phenoxy) is 1. The third-order valence-corrected chi connectivity index (χ3v) is 6.97. The molecule has 33 heavy (non-hydrogen) atoms. The van der Waals surface area contributed by atoms with Crippen LogP contribution in [0.4, 0.5) is 0 Å². The maximum Gasteiger partial charge on any atom is 0.254 e. The maximum atomic E-state index is 13.7. The van der Waals surface area contributed by atoms with Crippen molar-refractivity contribution in [3.63, 3.8) is 0 Å². The lowest BCUT2D eigenvalue weighted by Crippen LogP contribution is -2.37. The van der Waals surface area contributed by atoms with E-state index in [1.165, 1.54) is 30.2 Å². The molecular weight excluding hydrogens is 410 g/mol. The summed E-state index contributed by atoms with van der Waals surface area (Å²) in [6, 6.07) is 16.5. The number of benzene rings is 2. The second kappa shape index (κ2) is 10.4. The van der Waals surface area contributed by atoms with Crippen LogP contribution in [0.25, 0.3) is 10.8 Å². The maximum absolute atomic E-state index is 13.7. The molecule has 1 atom stereocenters. The Hall–Kier alpha value is -2.76. The Bertz CT molecular complexity index is 1090. The SMILES string of the molecule is O=C(c1ccccc1CN1CCCCC1)N1CCOC[C@@H](Cc2cncc3ccccc23)C1. The number of carbonyl (C=O) groups is 1. The van der Waals surface area contributed by atoms with E-state index in [-0.39, 0.29) is 11.8 Å². The molecule has 3 aromatic rings. The van der Waals surface area contributed by atoms with Crippen molar-refractivity contribution >= 4 is 16.7 Å². The van der Waals surface area contributed by atoms with Crippen LogP contribution in [0, 0.1) is 5.92 Å². The third kappa shape index (κ3) is 5.26. The standard InChI is InChI=1S/C28H33N3O2/c32-28(27-11-5-3-9-24(27)20-30-12-6-1-7-13-30)31-14-15-33-21-22(19-31)16-25-18-29-17-23-8-2-4-10-26(23)25/h2-5,8-11,17-18,22H,1,6-7,12-16,19-21H2/t22-/m0/s1. The number of likely N-dealkylation sites (tertiary alicyclic amines) is 1. The van der Waals surface area contributed by atoms with Crippen molar-refractivity contribution in [3.05, 3.63) is 77.6 Å². The number of fused-ring (bicyclic) bond motifs is 1. The number of piperidine rings is 1. The number of carbonyl (C=O) groups excluding carboxylic acids is 1. The number of nitrogens with zero attached hydrogens (tertiary/aromatic N) is 3. The average Bonchev–Trinajstić information content (AvgIpc) is 3.10. The Morgan fingerprint density at radius 1 is 0.939 bits per heavy atom. The van der Waals surface area contributed by atoms with E-state index in [0.29, 0.717) is 26.3 Å². The fraction of sp³-hybridized carbons (Fsp3) is 0.429. The highest BCUT2D eigenvalue weighted by Crippen LogP contribution is 2.23. The molecule has 0 spiro atoms. The van der Waals surface area contributed by atoms with Crippen molar-refractivity contribution in [3.8, 4) is 0 Å². The van der Waals surface area contributed by atoms with E-state index in [1.807, 2.05) is 35.5 Å². The molecule has 2 saturated heterocycles. The zero-order valence-corrected chi connectivity index (χ0v) is 19.3. The van der Waals surface area contributed by atoms with Gasteiger partial charge in [-0.15, -0.1) is 0 Å². The first-order chi connectivity index (χ1) is 16.3. The molecule has 0 unspecified atom stereocenters. The zero-order valence-electron chi connectivity index (χ0n) is 19.3. The van der Waals surface area contributed by atoms with Crippen LogP contribution in [0.5, 0.6) is 0 Å². The second-order valence-electron chi connectivity index (χ2n) is 9.41. The molecule has 172 valence electrons. The van der Waals surface area contributed by atoms with Crippen LogP contribution in [0.2, 0.25) is 0 Å². The Kier molecular flexibility index (Phi) is 6.98. The molecule has 2 aliphatic rings. The highest BCUT2D eigenvalue weighted by Gasteiger charge is 2.26. The summed E-state index contributed by atoms with van der Waals surface area (Å²) in [5.41, 5.74) is 3.21. The second-order valence-corrected chi connectivity index (χ2v) is 9.41. The summed E-state index contributed by atoms with van der Waals surface area (Å²) in [4.78, 5) is 22.6. The average molecular weight is 444 g/mol. The minimum absolute atomic E-state index is 0.133. The normalized spacial score (nSPS) is 20.0. The summed E-state index contributed by atoms with van der Waals surface area (Å²) in [6.07, 6.45) is 8.56. The molecule has 3 heterocycles. The monoisotopic (exact) mass is 443 g/mol. The van der Waals surface area contributed by atoms with Gasteiger partial charge in [-0.1, -0.05) is 48.9 Å². The van der Waals surface area contributed by atoms with Crippen LogP contribution < -0.4 is 0 Å². The van der Waals surface area contributed by atoms with Crippen LogP contribution >= 0.6 is 0 Å². The molecule has 2 aliphatic heterocycles. The van der Waals surface area contributed by atoms with Gasteiger partial charge in [0.25, 0.3) is 5.91 Å². The van der Waals surface area contributed by atoms with Crippen LogP contribution in [-0.2, 0) is 17.7 Å². The van der Waals surface area contributed by atoms with Crippen molar-refractivity contribution in [2.24, 2.45) is 5.92 Å². The van der Waals surface area contributed by atoms with Gasteiger partial charge in [-0.25, -0.2) is 0 Å². The van der Waals surface area contributed by atoms with Crippen molar-refractivity contribution in [2.45, 2.75) is 32.2 Å². The highest BCUT2D eigenvalue weighted by atomic mass is 16.5. The first-order valence-electron chi connectivity index (χ1n) is 12.3. The highest BCUT2D eigenvalue weighted by molar-refractivity contribution is 5.95. The van der Waals surface area contributed by atoms with Gasteiger partial charge in [0, 0.05) is 48.9 Å². The Labute approximate surface area is 196 Å². The van der Waals surface area contributed by atoms with Gasteiger partial charge in [0.1, 0.15) is 0 Å². The van der Waals surface area contributed by atoms with Crippen molar-refractivity contribution in [2.75, 3.05) is 39.4 Å². The largest absolute Gasteiger partial charge is 0.379 e. The topological polar surface area (TPSA) is 45.7 Å². The molecule has 0 bridgehead atoms. The van der Waals surface area contributed by atoms with Gasteiger partial charge in [0.05, 0.1) is 13.2 Å². The lowest BCUT2D eigenvalue weighted by Gasteiger charge is -2.28. The lowest BCUT2D eigenvalue weighted by molar-refractivity contribution is 0.0734. The number of amides is 1. The van der Waals surface area contributed by atoms with E-state index in [1.54, 1.807) is 0 Å². The molecule has 1 aromatic heterocycles. The summed E-state index contributed by atoms with van der Waals surface area (Å²) in [7, 11) is 0. The summed E-state index contributed by atoms with van der Waals surface area (Å²) >= 11 is 0. The fourth-order valence-corrected chi connectivity index (χ4v) is 5.24. The Morgan fingerprint density at radius 2 is 1.76 bits per heavy atom. The number of aromatic nitrogens is 1. The lowest BCUT2D eigenvalue weighted by atomic mass is 9.96. The minimum Gasteiger partial charge on any atom is -0.379 e. The number of hydrogen-bond donors (Lipinski definition) is 0.